The Morgan fingerprint density at radius 1 is 1.14 bits per heavy atom. The van der Waals surface area contributed by atoms with Crippen molar-refractivity contribution >= 4 is 34.5 Å². The van der Waals surface area contributed by atoms with Crippen LogP contribution in [0.25, 0.3) is 10.4 Å². The molecule has 1 nitrogen and oxygen atoms in total. The van der Waals surface area contributed by atoms with Gasteiger partial charge in [0.15, 0.2) is 0 Å². The lowest BCUT2D eigenvalue weighted by atomic mass is 10.0. The lowest BCUT2D eigenvalue weighted by Gasteiger charge is -2.20. The molecule has 2 rings (SSSR count). The highest BCUT2D eigenvalue weighted by molar-refractivity contribution is 7.15. The fraction of sp³-hybridized carbons (Fsp3) is 0.412. The van der Waals surface area contributed by atoms with E-state index in [1.54, 1.807) is 11.3 Å². The number of thiophene rings is 1. The van der Waals surface area contributed by atoms with Crippen molar-refractivity contribution in [2.45, 2.75) is 33.7 Å². The minimum atomic E-state index is 0.383. The minimum Gasteiger partial charge on any atom is -0.309 e. The predicted molar refractivity (Wildman–Crippen MR) is 95.8 cm³/mol. The van der Waals surface area contributed by atoms with E-state index in [1.807, 2.05) is 19.1 Å². The number of aryl methyl sites for hydroxylation is 1. The molecule has 0 aliphatic rings. The summed E-state index contributed by atoms with van der Waals surface area (Å²) in [6, 6.07) is 8.61. The quantitative estimate of drug-likeness (QED) is 0.669. The van der Waals surface area contributed by atoms with Gasteiger partial charge in [-0.15, -0.1) is 11.3 Å². The SMILES string of the molecule is CCNC(c1ccc(-c2cc(Cl)c(C)cc2Cl)s1)C(C)C. The van der Waals surface area contributed by atoms with Gasteiger partial charge in [0.1, 0.15) is 0 Å². The number of rotatable bonds is 5. The summed E-state index contributed by atoms with van der Waals surface area (Å²) in [5.74, 6) is 0.550. The van der Waals surface area contributed by atoms with Crippen molar-refractivity contribution in [1.29, 1.82) is 0 Å². The Bertz CT molecular complexity index is 619. The van der Waals surface area contributed by atoms with Crippen LogP contribution >= 0.6 is 34.5 Å². The molecule has 114 valence electrons. The van der Waals surface area contributed by atoms with Gasteiger partial charge in [0, 0.05) is 31.4 Å². The first kappa shape index (κ1) is 16.8. The Hall–Kier alpha value is -0.540. The summed E-state index contributed by atoms with van der Waals surface area (Å²) in [6.45, 7) is 9.55. The monoisotopic (exact) mass is 341 g/mol. The van der Waals surface area contributed by atoms with Gasteiger partial charge in [0.25, 0.3) is 0 Å². The van der Waals surface area contributed by atoms with E-state index >= 15 is 0 Å². The Balaban J connectivity index is 2.37. The summed E-state index contributed by atoms with van der Waals surface area (Å²) in [5.41, 5.74) is 2.03. The van der Waals surface area contributed by atoms with Crippen LogP contribution in [0.1, 0.15) is 37.3 Å². The molecule has 1 aromatic carbocycles. The highest BCUT2D eigenvalue weighted by Gasteiger charge is 2.18. The number of nitrogens with one attached hydrogen (secondary N) is 1. The van der Waals surface area contributed by atoms with Crippen molar-refractivity contribution < 1.29 is 0 Å². The average molecular weight is 342 g/mol. The first-order chi connectivity index (χ1) is 9.93. The first-order valence-corrected chi connectivity index (χ1v) is 8.80. The van der Waals surface area contributed by atoms with E-state index in [2.05, 4.69) is 38.2 Å². The maximum atomic E-state index is 6.38. The highest BCUT2D eigenvalue weighted by atomic mass is 35.5. The van der Waals surface area contributed by atoms with Crippen LogP contribution in [0.15, 0.2) is 24.3 Å². The van der Waals surface area contributed by atoms with Gasteiger partial charge in [-0.1, -0.05) is 44.0 Å². The molecule has 0 spiro atoms. The van der Waals surface area contributed by atoms with Crippen LogP contribution in [0.4, 0.5) is 0 Å². The second kappa shape index (κ2) is 7.15. The first-order valence-electron chi connectivity index (χ1n) is 7.23. The molecular weight excluding hydrogens is 321 g/mol. The van der Waals surface area contributed by atoms with Gasteiger partial charge in [0.05, 0.1) is 0 Å². The van der Waals surface area contributed by atoms with Crippen LogP contribution in [0.3, 0.4) is 0 Å². The topological polar surface area (TPSA) is 12.0 Å². The number of halogens is 2. The normalized spacial score (nSPS) is 12.9. The minimum absolute atomic E-state index is 0.383. The van der Waals surface area contributed by atoms with Crippen molar-refractivity contribution in [2.24, 2.45) is 5.92 Å². The molecule has 21 heavy (non-hydrogen) atoms. The van der Waals surface area contributed by atoms with E-state index in [0.29, 0.717) is 12.0 Å². The Morgan fingerprint density at radius 2 is 1.86 bits per heavy atom. The fourth-order valence-corrected chi connectivity index (χ4v) is 4.21. The Labute approximate surface area is 141 Å². The van der Waals surface area contributed by atoms with Crippen LogP contribution in [-0.2, 0) is 0 Å². The predicted octanol–water partition coefficient (Wildman–Crippen LogP) is 6.34. The van der Waals surface area contributed by atoms with Gasteiger partial charge < -0.3 is 5.32 Å². The van der Waals surface area contributed by atoms with Gasteiger partial charge in [-0.2, -0.15) is 0 Å². The molecule has 1 unspecified atom stereocenters. The van der Waals surface area contributed by atoms with E-state index in [-0.39, 0.29) is 0 Å². The van der Waals surface area contributed by atoms with Crippen molar-refractivity contribution in [1.82, 2.24) is 5.32 Å². The molecular formula is C17H21Cl2NS. The van der Waals surface area contributed by atoms with E-state index in [9.17, 15) is 0 Å². The third kappa shape index (κ3) is 3.81. The smallest absolute Gasteiger partial charge is 0.0496 e. The van der Waals surface area contributed by atoms with Crippen molar-refractivity contribution in [3.8, 4) is 10.4 Å². The molecule has 0 saturated heterocycles. The van der Waals surface area contributed by atoms with Crippen LogP contribution in [0.5, 0.6) is 0 Å². The van der Waals surface area contributed by atoms with Crippen LogP contribution in [-0.4, -0.2) is 6.54 Å². The summed E-state index contributed by atoms with van der Waals surface area (Å²) in [7, 11) is 0. The zero-order valence-electron chi connectivity index (χ0n) is 12.8. The lowest BCUT2D eigenvalue weighted by Crippen LogP contribution is -2.24. The van der Waals surface area contributed by atoms with Gasteiger partial charge >= 0.3 is 0 Å². The van der Waals surface area contributed by atoms with Crippen LogP contribution in [0, 0.1) is 12.8 Å². The van der Waals surface area contributed by atoms with Crippen molar-refractivity contribution in [3.63, 3.8) is 0 Å². The lowest BCUT2D eigenvalue weighted by molar-refractivity contribution is 0.428. The maximum absolute atomic E-state index is 6.38. The van der Waals surface area contributed by atoms with Gasteiger partial charge in [0.2, 0.25) is 0 Å². The van der Waals surface area contributed by atoms with E-state index in [4.69, 9.17) is 23.2 Å². The van der Waals surface area contributed by atoms with Crippen LogP contribution in [0.2, 0.25) is 10.0 Å². The number of hydrogen-bond donors (Lipinski definition) is 1. The molecule has 0 aliphatic carbocycles. The zero-order valence-corrected chi connectivity index (χ0v) is 15.2. The molecule has 0 aliphatic heterocycles. The number of benzene rings is 1. The molecule has 1 atom stereocenters. The molecule has 2 aromatic rings. The third-order valence-corrected chi connectivity index (χ3v) is 5.46. The highest BCUT2D eigenvalue weighted by Crippen LogP contribution is 2.39. The number of hydrogen-bond acceptors (Lipinski definition) is 2. The molecule has 0 radical (unpaired) electrons. The summed E-state index contributed by atoms with van der Waals surface area (Å²) in [5, 5.41) is 5.07. The average Bonchev–Trinajstić information content (AvgIpc) is 2.89. The molecule has 1 aromatic heterocycles. The van der Waals surface area contributed by atoms with E-state index in [1.165, 1.54) is 9.75 Å². The molecule has 1 heterocycles. The zero-order chi connectivity index (χ0) is 15.6. The summed E-state index contributed by atoms with van der Waals surface area (Å²) < 4.78 is 0. The van der Waals surface area contributed by atoms with Gasteiger partial charge in [-0.05, 0) is 49.2 Å². The fourth-order valence-electron chi connectivity index (χ4n) is 2.38. The largest absolute Gasteiger partial charge is 0.309 e. The summed E-state index contributed by atoms with van der Waals surface area (Å²) in [4.78, 5) is 2.51. The molecule has 0 saturated carbocycles. The summed E-state index contributed by atoms with van der Waals surface area (Å²) in [6.07, 6.45) is 0. The van der Waals surface area contributed by atoms with Gasteiger partial charge in [-0.3, -0.25) is 0 Å². The standard InChI is InChI=1S/C17H21Cl2NS/c1-5-20-17(10(2)3)16-7-6-15(21-16)12-9-13(18)11(4)8-14(12)19/h6-10,17,20H,5H2,1-4H3. The van der Waals surface area contributed by atoms with Gasteiger partial charge in [-0.25, -0.2) is 0 Å². The molecule has 0 bridgehead atoms. The van der Waals surface area contributed by atoms with E-state index < -0.39 is 0 Å². The van der Waals surface area contributed by atoms with Crippen molar-refractivity contribution in [3.05, 3.63) is 44.8 Å². The van der Waals surface area contributed by atoms with Crippen LogP contribution < -0.4 is 5.32 Å². The summed E-state index contributed by atoms with van der Waals surface area (Å²) >= 11 is 14.4. The molecule has 0 amide bonds. The Morgan fingerprint density at radius 3 is 2.48 bits per heavy atom. The van der Waals surface area contributed by atoms with Crippen molar-refractivity contribution in [2.75, 3.05) is 6.54 Å². The molecule has 4 heteroatoms. The Kier molecular flexibility index (Phi) is 5.73. The second-order valence-electron chi connectivity index (χ2n) is 5.56. The third-order valence-electron chi connectivity index (χ3n) is 3.54. The van der Waals surface area contributed by atoms with E-state index in [0.717, 1.165) is 27.7 Å². The molecule has 1 N–H and O–H groups in total. The molecule has 0 fully saturated rings. The maximum Gasteiger partial charge on any atom is 0.0496 e. The second-order valence-corrected chi connectivity index (χ2v) is 7.49.